The molecule has 0 aliphatic heterocycles. The molecule has 0 unspecified atom stereocenters. The van der Waals surface area contributed by atoms with E-state index in [-0.39, 0.29) is 24.3 Å². The highest BCUT2D eigenvalue weighted by Crippen LogP contribution is 2.37. The molecule has 0 aliphatic carbocycles. The van der Waals surface area contributed by atoms with Gasteiger partial charge in [0, 0.05) is 24.0 Å². The van der Waals surface area contributed by atoms with Crippen molar-refractivity contribution in [1.29, 1.82) is 0 Å². The number of rotatable bonds is 7. The van der Waals surface area contributed by atoms with Gasteiger partial charge in [-0.1, -0.05) is 19.9 Å². The zero-order chi connectivity index (χ0) is 22.6. The van der Waals surface area contributed by atoms with E-state index in [0.717, 1.165) is 18.2 Å². The minimum Gasteiger partial charge on any atom is -0.394 e. The molecule has 1 aromatic carbocycles. The Morgan fingerprint density at radius 2 is 1.87 bits per heavy atom. The molecule has 2 heterocycles. The summed E-state index contributed by atoms with van der Waals surface area (Å²) in [7, 11) is 0. The number of alkyl halides is 3. The third kappa shape index (κ3) is 5.46. The number of halogens is 4. The number of pyridine rings is 1. The van der Waals surface area contributed by atoms with E-state index in [1.54, 1.807) is 18.3 Å². The molecule has 3 aromatic rings. The number of aromatic nitrogens is 3. The first-order valence-corrected chi connectivity index (χ1v) is 9.48. The van der Waals surface area contributed by atoms with E-state index in [1.165, 1.54) is 12.3 Å². The van der Waals surface area contributed by atoms with Gasteiger partial charge in [0.15, 0.2) is 0 Å². The molecule has 6 nitrogen and oxygen atoms in total. The Balaban J connectivity index is 2.07. The molecule has 31 heavy (non-hydrogen) atoms. The molecule has 0 saturated heterocycles. The predicted octanol–water partition coefficient (Wildman–Crippen LogP) is 4.87. The fourth-order valence-electron chi connectivity index (χ4n) is 2.84. The maximum absolute atomic E-state index is 14.3. The lowest BCUT2D eigenvalue weighted by molar-refractivity contribution is -0.137. The highest BCUT2D eigenvalue weighted by Gasteiger charge is 2.35. The van der Waals surface area contributed by atoms with Crippen LogP contribution in [-0.2, 0) is 6.18 Å². The minimum atomic E-state index is -4.76. The molecule has 0 aliphatic rings. The Morgan fingerprint density at radius 1 is 1.10 bits per heavy atom. The maximum Gasteiger partial charge on any atom is 0.418 e. The summed E-state index contributed by atoms with van der Waals surface area (Å²) in [4.78, 5) is 12.6. The third-order valence-electron chi connectivity index (χ3n) is 4.57. The summed E-state index contributed by atoms with van der Waals surface area (Å²) in [6.07, 6.45) is -1.66. The van der Waals surface area contributed by atoms with Crippen molar-refractivity contribution in [3.63, 3.8) is 0 Å². The standard InChI is InChI=1S/C21H21F4N5O/c1-12(2)17(11-31)28-20-27-16(13-5-4-8-26-10-13)9-18(30-20)29-19-14(21(23,24)25)6-3-7-15(19)22/h3-10,12,17,31H,11H2,1-2H3,(H2,27,28,29,30)/t17-/m0/s1. The second-order valence-corrected chi connectivity index (χ2v) is 7.17. The molecule has 0 radical (unpaired) electrons. The molecule has 3 rings (SSSR count). The van der Waals surface area contributed by atoms with Gasteiger partial charge in [0.05, 0.1) is 29.6 Å². The summed E-state index contributed by atoms with van der Waals surface area (Å²) in [6, 6.07) is 7.12. The predicted molar refractivity (Wildman–Crippen MR) is 109 cm³/mol. The number of aliphatic hydroxyl groups excluding tert-OH is 1. The van der Waals surface area contributed by atoms with Gasteiger partial charge in [-0.3, -0.25) is 4.98 Å². The van der Waals surface area contributed by atoms with Gasteiger partial charge in [-0.2, -0.15) is 18.2 Å². The van der Waals surface area contributed by atoms with Crippen LogP contribution in [0.1, 0.15) is 19.4 Å². The van der Waals surface area contributed by atoms with E-state index in [4.69, 9.17) is 0 Å². The lowest BCUT2D eigenvalue weighted by atomic mass is 10.1. The number of nitrogens with zero attached hydrogens (tertiary/aromatic N) is 3. The van der Waals surface area contributed by atoms with E-state index in [0.29, 0.717) is 11.3 Å². The van der Waals surface area contributed by atoms with Gasteiger partial charge in [-0.25, -0.2) is 9.37 Å². The van der Waals surface area contributed by atoms with Crippen molar-refractivity contribution in [3.8, 4) is 11.3 Å². The largest absolute Gasteiger partial charge is 0.418 e. The summed E-state index contributed by atoms with van der Waals surface area (Å²) in [6.45, 7) is 3.56. The summed E-state index contributed by atoms with van der Waals surface area (Å²) in [5.41, 5.74) is -0.942. The summed E-state index contributed by atoms with van der Waals surface area (Å²) < 4.78 is 54.4. The Bertz CT molecular complexity index is 1030. The van der Waals surface area contributed by atoms with E-state index in [2.05, 4.69) is 25.6 Å². The van der Waals surface area contributed by atoms with Gasteiger partial charge in [-0.15, -0.1) is 0 Å². The van der Waals surface area contributed by atoms with E-state index in [1.807, 2.05) is 13.8 Å². The number of aliphatic hydroxyl groups is 1. The monoisotopic (exact) mass is 435 g/mol. The summed E-state index contributed by atoms with van der Waals surface area (Å²) >= 11 is 0. The lowest BCUT2D eigenvalue weighted by Crippen LogP contribution is -2.30. The van der Waals surface area contributed by atoms with Crippen molar-refractivity contribution >= 4 is 17.5 Å². The number of benzene rings is 1. The second-order valence-electron chi connectivity index (χ2n) is 7.17. The molecular formula is C21H21F4N5O. The van der Waals surface area contributed by atoms with Crippen LogP contribution in [0.4, 0.5) is 35.0 Å². The smallest absolute Gasteiger partial charge is 0.394 e. The zero-order valence-corrected chi connectivity index (χ0v) is 16.8. The Labute approximate surface area is 176 Å². The van der Waals surface area contributed by atoms with E-state index >= 15 is 0 Å². The van der Waals surface area contributed by atoms with Crippen molar-refractivity contribution < 1.29 is 22.7 Å². The van der Waals surface area contributed by atoms with Crippen LogP contribution in [-0.4, -0.2) is 32.7 Å². The fraction of sp³-hybridized carbons (Fsp3) is 0.286. The van der Waals surface area contributed by atoms with Crippen molar-refractivity contribution in [1.82, 2.24) is 15.0 Å². The number of para-hydroxylation sites is 1. The zero-order valence-electron chi connectivity index (χ0n) is 16.8. The SMILES string of the molecule is CC(C)[C@H](CO)Nc1nc(Nc2c(F)cccc2C(F)(F)F)cc(-c2cccnc2)n1. The van der Waals surface area contributed by atoms with Gasteiger partial charge >= 0.3 is 6.18 Å². The number of anilines is 3. The second kappa shape index (κ2) is 9.25. The van der Waals surface area contributed by atoms with Gasteiger partial charge < -0.3 is 15.7 Å². The van der Waals surface area contributed by atoms with Crippen LogP contribution < -0.4 is 10.6 Å². The maximum atomic E-state index is 14.3. The van der Waals surface area contributed by atoms with Crippen molar-refractivity contribution in [2.24, 2.45) is 5.92 Å². The topological polar surface area (TPSA) is 83.0 Å². The average Bonchev–Trinajstić information content (AvgIpc) is 2.73. The normalized spacial score (nSPS) is 12.6. The molecule has 1 atom stereocenters. The lowest BCUT2D eigenvalue weighted by Gasteiger charge is -2.21. The number of hydrogen-bond acceptors (Lipinski definition) is 6. The average molecular weight is 435 g/mol. The van der Waals surface area contributed by atoms with Crippen LogP contribution in [0.2, 0.25) is 0 Å². The molecule has 164 valence electrons. The Kier molecular flexibility index (Phi) is 6.69. The fourth-order valence-corrected chi connectivity index (χ4v) is 2.84. The first-order chi connectivity index (χ1) is 14.7. The molecule has 0 saturated carbocycles. The first kappa shape index (κ1) is 22.4. The summed E-state index contributed by atoms with van der Waals surface area (Å²) in [5, 5.41) is 15.0. The van der Waals surface area contributed by atoms with Gasteiger partial charge in [0.1, 0.15) is 11.6 Å². The Morgan fingerprint density at radius 3 is 2.48 bits per heavy atom. The molecule has 0 bridgehead atoms. The van der Waals surface area contributed by atoms with Crippen LogP contribution in [0.3, 0.4) is 0 Å². The molecular weight excluding hydrogens is 414 g/mol. The van der Waals surface area contributed by atoms with Crippen LogP contribution in [0.5, 0.6) is 0 Å². The van der Waals surface area contributed by atoms with Gasteiger partial charge in [0.2, 0.25) is 5.95 Å². The Hall–Kier alpha value is -3.27. The number of nitrogens with one attached hydrogen (secondary N) is 2. The molecule has 0 spiro atoms. The van der Waals surface area contributed by atoms with Crippen molar-refractivity contribution in [2.75, 3.05) is 17.2 Å². The van der Waals surface area contributed by atoms with Crippen molar-refractivity contribution in [2.45, 2.75) is 26.1 Å². The van der Waals surface area contributed by atoms with E-state index in [9.17, 15) is 22.7 Å². The minimum absolute atomic E-state index is 0.0236. The van der Waals surface area contributed by atoms with Crippen molar-refractivity contribution in [3.05, 3.63) is 60.2 Å². The van der Waals surface area contributed by atoms with Gasteiger partial charge in [-0.05, 0) is 30.2 Å². The van der Waals surface area contributed by atoms with Gasteiger partial charge in [0.25, 0.3) is 0 Å². The molecule has 2 aromatic heterocycles. The highest BCUT2D eigenvalue weighted by molar-refractivity contribution is 5.69. The number of hydrogen-bond donors (Lipinski definition) is 3. The molecule has 0 amide bonds. The third-order valence-corrected chi connectivity index (χ3v) is 4.57. The molecule has 10 heteroatoms. The molecule has 0 fully saturated rings. The van der Waals surface area contributed by atoms with Crippen LogP contribution in [0, 0.1) is 11.7 Å². The molecule has 3 N–H and O–H groups in total. The van der Waals surface area contributed by atoms with E-state index < -0.39 is 29.3 Å². The van der Waals surface area contributed by atoms with Crippen LogP contribution >= 0.6 is 0 Å². The van der Waals surface area contributed by atoms with Crippen LogP contribution in [0.25, 0.3) is 11.3 Å². The first-order valence-electron chi connectivity index (χ1n) is 9.48. The summed E-state index contributed by atoms with van der Waals surface area (Å²) in [5.74, 6) is -1.02. The highest BCUT2D eigenvalue weighted by atomic mass is 19.4. The quantitative estimate of drug-likeness (QED) is 0.460. The van der Waals surface area contributed by atoms with Crippen LogP contribution in [0.15, 0.2) is 48.8 Å².